The van der Waals surface area contributed by atoms with E-state index in [0.29, 0.717) is 5.56 Å². The van der Waals surface area contributed by atoms with Gasteiger partial charge in [0.05, 0.1) is 17.6 Å². The lowest BCUT2D eigenvalue weighted by Crippen LogP contribution is -2.40. The van der Waals surface area contributed by atoms with Crippen LogP contribution in [0.1, 0.15) is 28.7 Å². The quantitative estimate of drug-likeness (QED) is 0.542. The van der Waals surface area contributed by atoms with Crippen molar-refractivity contribution < 1.29 is 18.0 Å². The van der Waals surface area contributed by atoms with E-state index in [1.54, 1.807) is 24.4 Å². The predicted molar refractivity (Wildman–Crippen MR) is 119 cm³/mol. The maximum atomic E-state index is 12.6. The number of anilines is 1. The van der Waals surface area contributed by atoms with E-state index in [4.69, 9.17) is 0 Å². The molecule has 1 aromatic heterocycles. The van der Waals surface area contributed by atoms with E-state index in [1.165, 1.54) is 13.0 Å². The fourth-order valence-electron chi connectivity index (χ4n) is 3.19. The molecule has 0 saturated carbocycles. The number of imidazole rings is 1. The average Bonchev–Trinajstić information content (AvgIpc) is 3.15. The van der Waals surface area contributed by atoms with Gasteiger partial charge in [0, 0.05) is 24.5 Å². The first-order chi connectivity index (χ1) is 14.7. The van der Waals surface area contributed by atoms with Gasteiger partial charge in [0.2, 0.25) is 15.9 Å². The molecule has 1 heterocycles. The summed E-state index contributed by atoms with van der Waals surface area (Å²) in [6.07, 6.45) is 4.56. The Kier molecular flexibility index (Phi) is 6.55. The average molecular weight is 441 g/mol. The molecule has 0 unspecified atom stereocenters. The van der Waals surface area contributed by atoms with Gasteiger partial charge in [-0.3, -0.25) is 13.9 Å². The summed E-state index contributed by atoms with van der Waals surface area (Å²) >= 11 is 0. The van der Waals surface area contributed by atoms with Gasteiger partial charge in [-0.05, 0) is 37.6 Å². The SMILES string of the molecule is CC(=O)c1cccc(N(CC(=O)NCc2ccccc2-n2ccnc2C)S(C)(=O)=O)c1. The largest absolute Gasteiger partial charge is 0.350 e. The molecule has 1 amide bonds. The van der Waals surface area contributed by atoms with Crippen LogP contribution in [-0.4, -0.2) is 42.5 Å². The van der Waals surface area contributed by atoms with E-state index in [2.05, 4.69) is 10.3 Å². The Morgan fingerprint density at radius 2 is 1.87 bits per heavy atom. The molecule has 0 spiro atoms. The maximum Gasteiger partial charge on any atom is 0.241 e. The second kappa shape index (κ2) is 9.13. The lowest BCUT2D eigenvalue weighted by Gasteiger charge is -2.22. The van der Waals surface area contributed by atoms with Crippen LogP contribution in [0.15, 0.2) is 60.9 Å². The normalized spacial score (nSPS) is 11.2. The Bertz CT molecular complexity index is 1220. The molecule has 0 aliphatic heterocycles. The number of carbonyl (C=O) groups is 2. The third kappa shape index (κ3) is 5.37. The highest BCUT2D eigenvalue weighted by molar-refractivity contribution is 7.92. The Morgan fingerprint density at radius 1 is 1.13 bits per heavy atom. The van der Waals surface area contributed by atoms with E-state index < -0.39 is 22.5 Å². The second-order valence-corrected chi connectivity index (χ2v) is 9.03. The molecule has 0 saturated heterocycles. The zero-order valence-electron chi connectivity index (χ0n) is 17.6. The highest BCUT2D eigenvalue weighted by Gasteiger charge is 2.21. The first-order valence-electron chi connectivity index (χ1n) is 9.60. The van der Waals surface area contributed by atoms with Gasteiger partial charge in [0.15, 0.2) is 5.78 Å². The summed E-state index contributed by atoms with van der Waals surface area (Å²) in [6.45, 7) is 3.11. The number of Topliss-reactive ketones (excluding diaryl/α,β-unsaturated/α-hetero) is 1. The minimum absolute atomic E-state index is 0.189. The number of aryl methyl sites for hydroxylation is 1. The van der Waals surface area contributed by atoms with Crippen LogP contribution in [0.3, 0.4) is 0 Å². The fourth-order valence-corrected chi connectivity index (χ4v) is 4.04. The number of nitrogens with one attached hydrogen (secondary N) is 1. The number of ketones is 1. The number of benzene rings is 2. The third-order valence-electron chi connectivity index (χ3n) is 4.78. The summed E-state index contributed by atoms with van der Waals surface area (Å²) in [5.41, 5.74) is 2.38. The number of nitrogens with zero attached hydrogens (tertiary/aromatic N) is 3. The van der Waals surface area contributed by atoms with Crippen LogP contribution in [0.25, 0.3) is 5.69 Å². The fraction of sp³-hybridized carbons (Fsp3) is 0.227. The molecular weight excluding hydrogens is 416 g/mol. The van der Waals surface area contributed by atoms with Gasteiger partial charge in [0.25, 0.3) is 0 Å². The van der Waals surface area contributed by atoms with Gasteiger partial charge < -0.3 is 9.88 Å². The Balaban J connectivity index is 1.77. The molecule has 162 valence electrons. The molecule has 0 aliphatic carbocycles. The monoisotopic (exact) mass is 440 g/mol. The molecule has 3 aromatic rings. The Hall–Kier alpha value is -3.46. The van der Waals surface area contributed by atoms with Crippen molar-refractivity contribution in [1.29, 1.82) is 0 Å². The molecule has 0 aliphatic rings. The van der Waals surface area contributed by atoms with Crippen molar-refractivity contribution >= 4 is 27.4 Å². The second-order valence-electron chi connectivity index (χ2n) is 7.13. The lowest BCUT2D eigenvalue weighted by molar-refractivity contribution is -0.119. The van der Waals surface area contributed by atoms with Gasteiger partial charge in [-0.15, -0.1) is 0 Å². The van der Waals surface area contributed by atoms with Crippen LogP contribution in [-0.2, 0) is 21.4 Å². The van der Waals surface area contributed by atoms with Gasteiger partial charge in [0.1, 0.15) is 12.4 Å². The van der Waals surface area contributed by atoms with Crippen molar-refractivity contribution in [2.75, 3.05) is 17.1 Å². The van der Waals surface area contributed by atoms with Crippen LogP contribution in [0.2, 0.25) is 0 Å². The first-order valence-corrected chi connectivity index (χ1v) is 11.5. The molecule has 9 heteroatoms. The first kappa shape index (κ1) is 22.2. The van der Waals surface area contributed by atoms with Gasteiger partial charge in [-0.25, -0.2) is 13.4 Å². The molecule has 2 aromatic carbocycles. The summed E-state index contributed by atoms with van der Waals surface area (Å²) in [4.78, 5) is 28.5. The molecule has 1 N–H and O–H groups in total. The van der Waals surface area contributed by atoms with Crippen molar-refractivity contribution in [3.05, 3.63) is 77.9 Å². The standard InChI is InChI=1S/C22H24N4O4S/c1-16(27)18-8-6-9-20(13-18)26(31(3,29)30)15-22(28)24-14-19-7-4-5-10-21(19)25-12-11-23-17(25)2/h4-13H,14-15H2,1-3H3,(H,24,28). The van der Waals surface area contributed by atoms with Crippen LogP contribution >= 0.6 is 0 Å². The highest BCUT2D eigenvalue weighted by Crippen LogP contribution is 2.20. The zero-order valence-corrected chi connectivity index (χ0v) is 18.4. The number of carbonyl (C=O) groups excluding carboxylic acids is 2. The number of sulfonamides is 1. The van der Waals surface area contributed by atoms with E-state index >= 15 is 0 Å². The van der Waals surface area contributed by atoms with Crippen LogP contribution in [0.4, 0.5) is 5.69 Å². The van der Waals surface area contributed by atoms with Crippen molar-refractivity contribution in [1.82, 2.24) is 14.9 Å². The number of hydrogen-bond donors (Lipinski definition) is 1. The third-order valence-corrected chi connectivity index (χ3v) is 5.92. The van der Waals surface area contributed by atoms with Crippen LogP contribution < -0.4 is 9.62 Å². The minimum atomic E-state index is -3.74. The van der Waals surface area contributed by atoms with Gasteiger partial charge >= 0.3 is 0 Å². The molecule has 0 bridgehead atoms. The maximum absolute atomic E-state index is 12.6. The van der Waals surface area contributed by atoms with Crippen LogP contribution in [0.5, 0.6) is 0 Å². The van der Waals surface area contributed by atoms with Crippen molar-refractivity contribution in [3.63, 3.8) is 0 Å². The number of rotatable bonds is 8. The number of para-hydroxylation sites is 1. The van der Waals surface area contributed by atoms with Crippen LogP contribution in [0, 0.1) is 6.92 Å². The molecule has 8 nitrogen and oxygen atoms in total. The summed E-state index contributed by atoms with van der Waals surface area (Å²) in [7, 11) is -3.74. The van der Waals surface area contributed by atoms with E-state index in [9.17, 15) is 18.0 Å². The van der Waals surface area contributed by atoms with E-state index in [0.717, 1.165) is 27.6 Å². The van der Waals surface area contributed by atoms with Crippen molar-refractivity contribution in [2.45, 2.75) is 20.4 Å². The molecule has 0 atom stereocenters. The summed E-state index contributed by atoms with van der Waals surface area (Å²) in [5.74, 6) is 0.161. The highest BCUT2D eigenvalue weighted by atomic mass is 32.2. The van der Waals surface area contributed by atoms with Crippen molar-refractivity contribution in [3.8, 4) is 5.69 Å². The summed E-state index contributed by atoms with van der Waals surface area (Å²) in [6, 6.07) is 13.8. The smallest absolute Gasteiger partial charge is 0.241 e. The molecule has 0 fully saturated rings. The van der Waals surface area contributed by atoms with Gasteiger partial charge in [-0.2, -0.15) is 0 Å². The molecular formula is C22H24N4O4S. The zero-order chi connectivity index (χ0) is 22.6. The van der Waals surface area contributed by atoms with Gasteiger partial charge in [-0.1, -0.05) is 30.3 Å². The predicted octanol–water partition coefficient (Wildman–Crippen LogP) is 2.47. The number of hydrogen-bond acceptors (Lipinski definition) is 5. The molecule has 31 heavy (non-hydrogen) atoms. The minimum Gasteiger partial charge on any atom is -0.350 e. The number of aromatic nitrogens is 2. The topological polar surface area (TPSA) is 101 Å². The van der Waals surface area contributed by atoms with E-state index in [1.807, 2.05) is 42.0 Å². The Morgan fingerprint density at radius 3 is 2.52 bits per heavy atom. The summed E-state index contributed by atoms with van der Waals surface area (Å²) < 4.78 is 27.5. The van der Waals surface area contributed by atoms with Crippen molar-refractivity contribution in [2.24, 2.45) is 0 Å². The number of amides is 1. The lowest BCUT2D eigenvalue weighted by atomic mass is 10.1. The summed E-state index contributed by atoms with van der Waals surface area (Å²) in [5, 5.41) is 2.78. The Labute approximate surface area is 181 Å². The molecule has 3 rings (SSSR count). The molecule has 0 radical (unpaired) electrons. The van der Waals surface area contributed by atoms with E-state index in [-0.39, 0.29) is 18.0 Å².